The fraction of sp³-hybridized carbons (Fsp3) is 0.355. The first kappa shape index (κ1) is 30.5. The van der Waals surface area contributed by atoms with Crippen LogP contribution in [-0.4, -0.2) is 71.8 Å². The summed E-state index contributed by atoms with van der Waals surface area (Å²) >= 11 is 19.5. The van der Waals surface area contributed by atoms with Crippen LogP contribution < -0.4 is 5.32 Å². The van der Waals surface area contributed by atoms with Gasteiger partial charge in [-0.1, -0.05) is 91.5 Å². The lowest BCUT2D eigenvalue weighted by atomic mass is 10.0. The van der Waals surface area contributed by atoms with Gasteiger partial charge in [0, 0.05) is 46.7 Å². The summed E-state index contributed by atoms with van der Waals surface area (Å²) in [5.41, 5.74) is 2.77. The number of hydrogen-bond acceptors (Lipinski definition) is 4. The first-order valence-corrected chi connectivity index (χ1v) is 16.1. The average molecular weight is 723 g/mol. The third-order valence-electron chi connectivity index (χ3n) is 7.80. The Kier molecular flexibility index (Phi) is 10.4. The molecule has 2 aliphatic rings. The second-order valence-electron chi connectivity index (χ2n) is 10.6. The highest BCUT2D eigenvalue weighted by Gasteiger charge is 2.34. The van der Waals surface area contributed by atoms with Gasteiger partial charge in [0.1, 0.15) is 0 Å². The van der Waals surface area contributed by atoms with Crippen molar-refractivity contribution >= 4 is 66.9 Å². The van der Waals surface area contributed by atoms with Crippen LogP contribution in [0.15, 0.2) is 75.7 Å². The molecule has 3 aromatic rings. The first-order chi connectivity index (χ1) is 19.8. The lowest BCUT2D eigenvalue weighted by molar-refractivity contribution is -0.135. The maximum absolute atomic E-state index is 13.6. The van der Waals surface area contributed by atoms with Crippen molar-refractivity contribution in [1.82, 2.24) is 20.0 Å². The number of nitrogens with zero attached hydrogens (tertiary/aromatic N) is 3. The quantitative estimate of drug-likeness (QED) is 0.292. The van der Waals surface area contributed by atoms with Crippen LogP contribution in [0.1, 0.15) is 40.4 Å². The van der Waals surface area contributed by atoms with Crippen molar-refractivity contribution in [2.24, 2.45) is 0 Å². The van der Waals surface area contributed by atoms with E-state index in [1.807, 2.05) is 35.2 Å². The Morgan fingerprint density at radius 1 is 0.854 bits per heavy atom. The topological polar surface area (TPSA) is 55.9 Å². The van der Waals surface area contributed by atoms with Crippen LogP contribution in [0.4, 0.5) is 0 Å². The Hall–Kier alpha value is -1.94. The Morgan fingerprint density at radius 2 is 1.56 bits per heavy atom. The molecule has 0 radical (unpaired) electrons. The summed E-state index contributed by atoms with van der Waals surface area (Å²) in [6.45, 7) is 4.46. The van der Waals surface area contributed by atoms with E-state index in [1.165, 1.54) is 5.56 Å². The molecule has 6 nitrogen and oxygen atoms in total. The monoisotopic (exact) mass is 720 g/mol. The van der Waals surface area contributed by atoms with Crippen molar-refractivity contribution in [3.05, 3.63) is 102 Å². The molecule has 2 saturated heterocycles. The minimum atomic E-state index is -0.333. The molecule has 216 valence electrons. The van der Waals surface area contributed by atoms with Gasteiger partial charge in [0.05, 0.1) is 22.6 Å². The molecule has 2 amide bonds. The van der Waals surface area contributed by atoms with E-state index in [0.29, 0.717) is 41.3 Å². The minimum absolute atomic E-state index is 0.0186. The highest BCUT2D eigenvalue weighted by Crippen LogP contribution is 2.32. The third-order valence-corrected chi connectivity index (χ3v) is 9.46. The Balaban J connectivity index is 1.23. The smallest absolute Gasteiger partial charge is 0.254 e. The fourth-order valence-electron chi connectivity index (χ4n) is 5.60. The number of benzene rings is 3. The summed E-state index contributed by atoms with van der Waals surface area (Å²) in [6, 6.07) is 21.5. The number of carbonyl (C=O) groups excluding carboxylic acids is 2. The molecule has 0 aliphatic carbocycles. The van der Waals surface area contributed by atoms with Gasteiger partial charge in [-0.3, -0.25) is 14.5 Å². The lowest BCUT2D eigenvalue weighted by Crippen LogP contribution is -2.54. The van der Waals surface area contributed by atoms with E-state index in [1.54, 1.807) is 17.0 Å². The number of rotatable bonds is 7. The Morgan fingerprint density at radius 3 is 2.24 bits per heavy atom. The normalized spacial score (nSPS) is 18.5. The van der Waals surface area contributed by atoms with E-state index in [4.69, 9.17) is 23.2 Å². The van der Waals surface area contributed by atoms with E-state index in [2.05, 4.69) is 66.3 Å². The number of piperazine rings is 1. The number of amides is 2. The fourth-order valence-corrected chi connectivity index (χ4v) is 7.20. The van der Waals surface area contributed by atoms with Crippen molar-refractivity contribution in [3.63, 3.8) is 0 Å². The van der Waals surface area contributed by atoms with Crippen molar-refractivity contribution in [1.29, 1.82) is 0 Å². The zero-order valence-corrected chi connectivity index (χ0v) is 27.2. The van der Waals surface area contributed by atoms with Gasteiger partial charge >= 0.3 is 0 Å². The van der Waals surface area contributed by atoms with Gasteiger partial charge in [0.15, 0.2) is 0 Å². The molecule has 41 heavy (non-hydrogen) atoms. The van der Waals surface area contributed by atoms with E-state index < -0.39 is 0 Å². The van der Waals surface area contributed by atoms with Gasteiger partial charge in [0.25, 0.3) is 5.91 Å². The van der Waals surface area contributed by atoms with E-state index in [0.717, 1.165) is 47.0 Å². The molecule has 1 unspecified atom stereocenters. The second kappa shape index (κ2) is 14.0. The molecule has 1 atom stereocenters. The number of carbonyl (C=O) groups is 2. The lowest BCUT2D eigenvalue weighted by Gasteiger charge is -2.42. The molecule has 0 spiro atoms. The molecule has 0 bridgehead atoms. The van der Waals surface area contributed by atoms with Crippen LogP contribution in [0.2, 0.25) is 10.0 Å². The van der Waals surface area contributed by atoms with Gasteiger partial charge in [-0.2, -0.15) is 0 Å². The summed E-state index contributed by atoms with van der Waals surface area (Å²) in [5.74, 6) is -0.0605. The molecule has 1 N–H and O–H groups in total. The van der Waals surface area contributed by atoms with Crippen molar-refractivity contribution < 1.29 is 9.59 Å². The van der Waals surface area contributed by atoms with E-state index in [9.17, 15) is 9.59 Å². The largest absolute Gasteiger partial charge is 0.334 e. The zero-order valence-electron chi connectivity index (χ0n) is 22.5. The van der Waals surface area contributed by atoms with Crippen molar-refractivity contribution in [2.75, 3.05) is 39.3 Å². The molecule has 2 heterocycles. The van der Waals surface area contributed by atoms with Crippen molar-refractivity contribution in [2.45, 2.75) is 31.5 Å². The minimum Gasteiger partial charge on any atom is -0.334 e. The average Bonchev–Trinajstić information content (AvgIpc) is 2.97. The second-order valence-corrected chi connectivity index (χ2v) is 13.2. The highest BCUT2D eigenvalue weighted by molar-refractivity contribution is 9.11. The van der Waals surface area contributed by atoms with E-state index >= 15 is 0 Å². The molecular formula is C31H32Br2Cl2N4O2. The number of likely N-dealkylation sites (tertiary alicyclic amines) is 1. The van der Waals surface area contributed by atoms with Crippen LogP contribution in [0.5, 0.6) is 0 Å². The summed E-state index contributed by atoms with van der Waals surface area (Å²) in [6.07, 6.45) is 2.00. The maximum atomic E-state index is 13.6. The van der Waals surface area contributed by atoms with Gasteiger partial charge < -0.3 is 15.1 Å². The zero-order chi connectivity index (χ0) is 28.9. The first-order valence-electron chi connectivity index (χ1n) is 13.8. The summed E-state index contributed by atoms with van der Waals surface area (Å²) < 4.78 is 1.64. The van der Waals surface area contributed by atoms with Crippen LogP contribution in [-0.2, 0) is 11.3 Å². The molecule has 0 saturated carbocycles. The molecule has 3 aromatic carbocycles. The molecule has 0 aromatic heterocycles. The number of nitrogens with one attached hydrogen (secondary N) is 1. The molecule has 10 heteroatoms. The van der Waals surface area contributed by atoms with Crippen LogP contribution >= 0.6 is 55.1 Å². The molecular weight excluding hydrogens is 691 g/mol. The van der Waals surface area contributed by atoms with Gasteiger partial charge in [0.2, 0.25) is 5.91 Å². The SMILES string of the molecule is O=C(c1cc(Br)cc(Br)c1)N1CCN(C(=O)CNC2CCN(Cc3ccccc3)CC2)C(c2ccc(Cl)c(Cl)c2)C1. The van der Waals surface area contributed by atoms with Gasteiger partial charge in [-0.05, 0) is 67.4 Å². The van der Waals surface area contributed by atoms with Crippen LogP contribution in [0, 0.1) is 0 Å². The summed E-state index contributed by atoms with van der Waals surface area (Å²) in [4.78, 5) is 33.2. The molecule has 2 aliphatic heterocycles. The number of halogens is 4. The van der Waals surface area contributed by atoms with Gasteiger partial charge in [-0.15, -0.1) is 0 Å². The third kappa shape index (κ3) is 7.92. The highest BCUT2D eigenvalue weighted by atomic mass is 79.9. The maximum Gasteiger partial charge on any atom is 0.254 e. The number of piperidine rings is 1. The summed E-state index contributed by atoms with van der Waals surface area (Å²) in [5, 5.41) is 4.39. The predicted molar refractivity (Wildman–Crippen MR) is 171 cm³/mol. The van der Waals surface area contributed by atoms with Crippen molar-refractivity contribution in [3.8, 4) is 0 Å². The number of hydrogen-bond donors (Lipinski definition) is 1. The summed E-state index contributed by atoms with van der Waals surface area (Å²) in [7, 11) is 0. The van der Waals surface area contributed by atoms with Crippen LogP contribution in [0.3, 0.4) is 0 Å². The van der Waals surface area contributed by atoms with Gasteiger partial charge in [-0.25, -0.2) is 0 Å². The molecule has 2 fully saturated rings. The Labute approximate surface area is 268 Å². The van der Waals surface area contributed by atoms with Crippen LogP contribution in [0.25, 0.3) is 0 Å². The van der Waals surface area contributed by atoms with E-state index in [-0.39, 0.29) is 24.4 Å². The molecule has 5 rings (SSSR count). The standard InChI is InChI=1S/C31H32Br2Cl2N4O2/c32-24-14-23(15-25(33)17-24)31(41)38-12-13-39(29(20-38)22-6-7-27(34)28(35)16-22)30(40)18-36-26-8-10-37(11-9-26)19-21-4-2-1-3-5-21/h1-7,14-17,26,29,36H,8-13,18-20H2. The Bertz CT molecular complexity index is 1370. The predicted octanol–water partition coefficient (Wildman–Crippen LogP) is 6.80.